The van der Waals surface area contributed by atoms with Gasteiger partial charge in [0.1, 0.15) is 0 Å². The average molecular weight is 236 g/mol. The zero-order valence-electron chi connectivity index (χ0n) is 6.58. The van der Waals surface area contributed by atoms with Crippen LogP contribution in [0.1, 0.15) is 12.8 Å². The summed E-state index contributed by atoms with van der Waals surface area (Å²) in [6, 6.07) is -1.21. The van der Waals surface area contributed by atoms with E-state index in [-0.39, 0.29) is 40.9 Å². The Kier molecular flexibility index (Phi) is 19.9. The van der Waals surface area contributed by atoms with Crippen molar-refractivity contribution >= 4 is 11.9 Å². The van der Waals surface area contributed by atoms with Gasteiger partial charge in [-0.1, -0.05) is 0 Å². The van der Waals surface area contributed by atoms with Crippen molar-refractivity contribution in [2.24, 2.45) is 5.73 Å². The Bertz CT molecular complexity index is 152. The van der Waals surface area contributed by atoms with Crippen molar-refractivity contribution in [2.45, 2.75) is 18.9 Å². The maximum atomic E-state index is 9.86. The van der Waals surface area contributed by atoms with Gasteiger partial charge in [0.15, 0.2) is 0 Å². The number of hydrogen-bond acceptors (Lipinski definition) is 5. The molecule has 0 heterocycles. The molecule has 0 aromatic rings. The first-order valence-electron chi connectivity index (χ1n) is 2.70. The van der Waals surface area contributed by atoms with Gasteiger partial charge in [0.05, 0.1) is 5.97 Å². The number of hydrogen-bond donors (Lipinski definition) is 1. The number of carboxylic acids is 2. The Morgan fingerprint density at radius 3 is 1.85 bits per heavy atom. The Balaban J connectivity index is -0.000000135. The smallest absolute Gasteiger partial charge is 0.550 e. The minimum atomic E-state index is -1.44. The second kappa shape index (κ2) is 11.3. The predicted octanol–water partition coefficient (Wildman–Crippen LogP) is -5.06. The molecule has 0 fully saturated rings. The standard InChI is InChI=1S/C5H9NO4.Mn.2H2O/c6-3(5(9)10)1-2-4(7)8;;;/h3H,1-2,6H2,(H,7,8)(H,9,10);;2*1H2/q;+2;;/p-2/t3-;;;/m0.../s1. The minimum Gasteiger partial charge on any atom is -0.550 e. The van der Waals surface area contributed by atoms with Gasteiger partial charge in [-0.3, -0.25) is 0 Å². The fourth-order valence-corrected chi connectivity index (χ4v) is 0.391. The average Bonchev–Trinajstić information content (AvgIpc) is 1.82. The molecule has 0 bridgehead atoms. The van der Waals surface area contributed by atoms with Crippen LogP contribution < -0.4 is 15.9 Å². The van der Waals surface area contributed by atoms with Gasteiger partial charge in [0.25, 0.3) is 0 Å². The number of carboxylic acid groups (broad SMARTS) is 2. The van der Waals surface area contributed by atoms with Crippen LogP contribution in [0.3, 0.4) is 0 Å². The molecule has 6 N–H and O–H groups in total. The first kappa shape index (κ1) is 22.8. The summed E-state index contributed by atoms with van der Waals surface area (Å²) < 4.78 is 0. The summed E-state index contributed by atoms with van der Waals surface area (Å²) >= 11 is 0. The summed E-state index contributed by atoms with van der Waals surface area (Å²) in [7, 11) is 0. The van der Waals surface area contributed by atoms with Gasteiger partial charge in [-0.2, -0.15) is 0 Å². The van der Waals surface area contributed by atoms with Crippen LogP contribution in [-0.4, -0.2) is 28.9 Å². The second-order valence-corrected chi connectivity index (χ2v) is 1.84. The first-order valence-corrected chi connectivity index (χ1v) is 2.70. The Morgan fingerprint density at radius 1 is 1.23 bits per heavy atom. The third-order valence-corrected chi connectivity index (χ3v) is 0.962. The zero-order chi connectivity index (χ0) is 8.15. The molecule has 0 saturated heterocycles. The van der Waals surface area contributed by atoms with E-state index in [0.717, 1.165) is 0 Å². The number of carbonyl (C=O) groups is 2. The maximum absolute atomic E-state index is 9.86. The van der Waals surface area contributed by atoms with E-state index >= 15 is 0 Å². The zero-order valence-corrected chi connectivity index (χ0v) is 7.76. The molecule has 7 nitrogen and oxygen atoms in total. The van der Waals surface area contributed by atoms with Crippen LogP contribution in [0.15, 0.2) is 0 Å². The van der Waals surface area contributed by atoms with E-state index in [1.165, 1.54) is 0 Å². The second-order valence-electron chi connectivity index (χ2n) is 1.84. The quantitative estimate of drug-likeness (QED) is 0.480. The van der Waals surface area contributed by atoms with E-state index in [0.29, 0.717) is 0 Å². The monoisotopic (exact) mass is 236 g/mol. The fraction of sp³-hybridized carbons (Fsp3) is 0.600. The molecule has 8 heteroatoms. The molecule has 0 aromatic carbocycles. The maximum Gasteiger partial charge on any atom is 2.00 e. The molecule has 1 atom stereocenters. The van der Waals surface area contributed by atoms with Crippen molar-refractivity contribution in [3.8, 4) is 0 Å². The van der Waals surface area contributed by atoms with Gasteiger partial charge in [0, 0.05) is 12.0 Å². The normalized spacial score (nSPS) is 9.62. The summed E-state index contributed by atoms with van der Waals surface area (Å²) in [5.41, 5.74) is 4.91. The van der Waals surface area contributed by atoms with Crippen molar-refractivity contribution in [3.63, 3.8) is 0 Å². The van der Waals surface area contributed by atoms with Crippen LogP contribution >= 0.6 is 0 Å². The summed E-state index contributed by atoms with van der Waals surface area (Å²) in [6.07, 6.45) is -0.500. The minimum absolute atomic E-state index is 0. The molecule has 0 aliphatic carbocycles. The SMILES string of the molecule is N[C@@H](CCC(=O)[O-])C(=O)[O-].O.O.[Mn+2]. The summed E-state index contributed by atoms with van der Waals surface area (Å²) in [6.45, 7) is 0. The molecule has 0 saturated carbocycles. The third-order valence-electron chi connectivity index (χ3n) is 0.962. The largest absolute Gasteiger partial charge is 2.00 e. The van der Waals surface area contributed by atoms with Gasteiger partial charge in [0.2, 0.25) is 0 Å². The van der Waals surface area contributed by atoms with E-state index in [1.807, 2.05) is 0 Å². The molecule has 0 aromatic heterocycles. The molecule has 0 aliphatic heterocycles. The Morgan fingerprint density at radius 2 is 1.62 bits per heavy atom. The Labute approximate surface area is 85.0 Å². The molecular weight excluding hydrogens is 225 g/mol. The summed E-state index contributed by atoms with van der Waals surface area (Å²) in [4.78, 5) is 19.6. The first-order chi connectivity index (χ1) is 4.54. The van der Waals surface area contributed by atoms with Gasteiger partial charge in [-0.05, 0) is 12.8 Å². The van der Waals surface area contributed by atoms with E-state index in [2.05, 4.69) is 0 Å². The molecule has 0 unspecified atom stereocenters. The van der Waals surface area contributed by atoms with Crippen molar-refractivity contribution in [2.75, 3.05) is 0 Å². The summed E-state index contributed by atoms with van der Waals surface area (Å²) in [5, 5.41) is 19.6. The molecule has 0 amide bonds. The van der Waals surface area contributed by atoms with Crippen LogP contribution in [-0.2, 0) is 26.7 Å². The third kappa shape index (κ3) is 14.2. The molecule has 0 aliphatic rings. The number of aliphatic carboxylic acids is 2. The summed E-state index contributed by atoms with van der Waals surface area (Å²) in [5.74, 6) is -2.75. The van der Waals surface area contributed by atoms with Crippen LogP contribution in [0.25, 0.3) is 0 Å². The van der Waals surface area contributed by atoms with E-state index in [9.17, 15) is 19.8 Å². The number of carbonyl (C=O) groups excluding carboxylic acids is 2. The van der Waals surface area contributed by atoms with Gasteiger partial charge >= 0.3 is 17.1 Å². The van der Waals surface area contributed by atoms with E-state index < -0.39 is 18.0 Å². The molecule has 1 radical (unpaired) electrons. The van der Waals surface area contributed by atoms with Gasteiger partial charge in [-0.25, -0.2) is 0 Å². The van der Waals surface area contributed by atoms with Crippen LogP contribution in [0.2, 0.25) is 0 Å². The molecular formula is C5H11MnNO6. The van der Waals surface area contributed by atoms with Crippen LogP contribution in [0.4, 0.5) is 0 Å². The van der Waals surface area contributed by atoms with Gasteiger partial charge < -0.3 is 36.5 Å². The van der Waals surface area contributed by atoms with Crippen molar-refractivity contribution in [1.82, 2.24) is 0 Å². The number of nitrogens with two attached hydrogens (primary N) is 1. The Hall–Kier alpha value is -0.661. The molecule has 0 spiro atoms. The topological polar surface area (TPSA) is 169 Å². The van der Waals surface area contributed by atoms with E-state index in [1.54, 1.807) is 0 Å². The molecule has 13 heavy (non-hydrogen) atoms. The molecule has 79 valence electrons. The molecule has 0 rings (SSSR count). The van der Waals surface area contributed by atoms with Crippen molar-refractivity contribution < 1.29 is 47.8 Å². The van der Waals surface area contributed by atoms with Crippen molar-refractivity contribution in [3.05, 3.63) is 0 Å². The van der Waals surface area contributed by atoms with Crippen LogP contribution in [0.5, 0.6) is 0 Å². The van der Waals surface area contributed by atoms with Crippen molar-refractivity contribution in [1.29, 1.82) is 0 Å². The predicted molar refractivity (Wildman–Crippen MR) is 34.5 cm³/mol. The van der Waals surface area contributed by atoms with E-state index in [4.69, 9.17) is 5.73 Å². The fourth-order valence-electron chi connectivity index (χ4n) is 0.391. The number of rotatable bonds is 4. The van der Waals surface area contributed by atoms with Gasteiger partial charge in [-0.15, -0.1) is 0 Å². The van der Waals surface area contributed by atoms with Crippen LogP contribution in [0, 0.1) is 0 Å².